The number of rotatable bonds is 3. The summed E-state index contributed by atoms with van der Waals surface area (Å²) >= 11 is 0. The first-order chi connectivity index (χ1) is 7.56. The number of hydrogen-bond acceptors (Lipinski definition) is 3. The van der Waals surface area contributed by atoms with Crippen molar-refractivity contribution in [2.75, 3.05) is 0 Å². The van der Waals surface area contributed by atoms with Gasteiger partial charge in [0.2, 0.25) is 0 Å². The van der Waals surface area contributed by atoms with Crippen LogP contribution in [0.5, 0.6) is 0 Å². The molecular weight excluding hydrogens is 394 g/mol. The molecule has 1 heterocycles. The summed E-state index contributed by atoms with van der Waals surface area (Å²) < 4.78 is 0. The Hall–Kier alpha value is -0.991. The van der Waals surface area contributed by atoms with E-state index in [1.807, 2.05) is 31.3 Å². The molecule has 0 bridgehead atoms. The Kier molecular flexibility index (Phi) is 12.4. The van der Waals surface area contributed by atoms with Gasteiger partial charge in [-0.05, 0) is 26.0 Å². The fourth-order valence-corrected chi connectivity index (χ4v) is 1.02. The number of carbonyl (C=O) groups is 1. The van der Waals surface area contributed by atoms with Gasteiger partial charge in [-0.2, -0.15) is 6.92 Å². The maximum atomic E-state index is 10.0. The molecule has 97 valence electrons. The van der Waals surface area contributed by atoms with Crippen molar-refractivity contribution in [1.82, 2.24) is 4.98 Å². The standard InChI is InChI=1S/C8H10N.C5H8O2.Ir/c1-2-5-8-6-3-4-7-9-8;1-4(6)3-5(2)7;/h2-4,6-7H,5H2,1H3;3,6H,1-2H3;/q-1;;. The van der Waals surface area contributed by atoms with Crippen LogP contribution in [0, 0.1) is 6.42 Å². The summed E-state index contributed by atoms with van der Waals surface area (Å²) in [7, 11) is 0. The number of ketones is 1. The SMILES string of the molecule is CC(=O)C=C(C)O.C[CH-]Cc1ccccn1.[Ir]. The third-order valence-corrected chi connectivity index (χ3v) is 1.55. The van der Waals surface area contributed by atoms with Gasteiger partial charge < -0.3 is 11.5 Å². The van der Waals surface area contributed by atoms with Crippen molar-refractivity contribution in [3.8, 4) is 0 Å². The summed E-state index contributed by atoms with van der Waals surface area (Å²) in [5.41, 5.74) is 1.14. The first-order valence-electron chi connectivity index (χ1n) is 5.11. The molecule has 1 aromatic rings. The molecule has 17 heavy (non-hydrogen) atoms. The fraction of sp³-hybridized carbons (Fsp3) is 0.308. The van der Waals surface area contributed by atoms with Crippen LogP contribution in [0.3, 0.4) is 0 Å². The van der Waals surface area contributed by atoms with Crippen LogP contribution in [-0.4, -0.2) is 15.9 Å². The van der Waals surface area contributed by atoms with Crippen LogP contribution in [0.25, 0.3) is 0 Å². The normalized spacial score (nSPS) is 9.71. The second kappa shape index (κ2) is 11.5. The van der Waals surface area contributed by atoms with Crippen LogP contribution in [0.4, 0.5) is 0 Å². The van der Waals surface area contributed by atoms with E-state index in [-0.39, 0.29) is 31.6 Å². The molecule has 1 N–H and O–H groups in total. The van der Waals surface area contributed by atoms with Gasteiger partial charge in [-0.25, -0.2) is 0 Å². The van der Waals surface area contributed by atoms with E-state index in [4.69, 9.17) is 5.11 Å². The minimum Gasteiger partial charge on any atom is -0.512 e. The molecule has 0 fully saturated rings. The van der Waals surface area contributed by atoms with Gasteiger partial charge in [0.25, 0.3) is 0 Å². The second-order valence-electron chi connectivity index (χ2n) is 3.33. The first-order valence-corrected chi connectivity index (χ1v) is 5.11. The fourth-order valence-electron chi connectivity index (χ4n) is 1.02. The molecule has 1 aromatic heterocycles. The predicted molar refractivity (Wildman–Crippen MR) is 65.0 cm³/mol. The van der Waals surface area contributed by atoms with E-state index >= 15 is 0 Å². The van der Waals surface area contributed by atoms with Crippen LogP contribution in [0.1, 0.15) is 26.5 Å². The van der Waals surface area contributed by atoms with Gasteiger partial charge in [0.15, 0.2) is 5.78 Å². The van der Waals surface area contributed by atoms with Gasteiger partial charge >= 0.3 is 0 Å². The van der Waals surface area contributed by atoms with Crippen molar-refractivity contribution in [3.05, 3.63) is 48.3 Å². The van der Waals surface area contributed by atoms with Crippen LogP contribution in [-0.2, 0) is 31.3 Å². The predicted octanol–water partition coefficient (Wildman–Crippen LogP) is 2.88. The van der Waals surface area contributed by atoms with E-state index in [1.165, 1.54) is 19.9 Å². The number of pyridine rings is 1. The number of nitrogens with zero attached hydrogens (tertiary/aromatic N) is 1. The molecule has 1 radical (unpaired) electrons. The maximum Gasteiger partial charge on any atom is 0.155 e. The van der Waals surface area contributed by atoms with Crippen LogP contribution in [0.2, 0.25) is 0 Å². The molecule has 0 amide bonds. The van der Waals surface area contributed by atoms with Crippen molar-refractivity contribution < 1.29 is 30.0 Å². The van der Waals surface area contributed by atoms with Gasteiger partial charge in [-0.3, -0.25) is 9.78 Å². The summed E-state index contributed by atoms with van der Waals surface area (Å²) in [6.45, 7) is 4.88. The Balaban J connectivity index is 0. The van der Waals surface area contributed by atoms with Gasteiger partial charge in [-0.15, -0.1) is 6.42 Å². The zero-order chi connectivity index (χ0) is 12.4. The first kappa shape index (κ1) is 18.4. The van der Waals surface area contributed by atoms with E-state index in [0.29, 0.717) is 0 Å². The van der Waals surface area contributed by atoms with Crippen molar-refractivity contribution in [2.45, 2.75) is 27.2 Å². The summed E-state index contributed by atoms with van der Waals surface area (Å²) in [4.78, 5) is 14.2. The van der Waals surface area contributed by atoms with E-state index in [2.05, 4.69) is 11.4 Å². The van der Waals surface area contributed by atoms with Crippen molar-refractivity contribution in [3.63, 3.8) is 0 Å². The Morgan fingerprint density at radius 1 is 1.47 bits per heavy atom. The van der Waals surface area contributed by atoms with Gasteiger partial charge in [0, 0.05) is 38.1 Å². The average molecular weight is 413 g/mol. The van der Waals surface area contributed by atoms with Gasteiger partial charge in [-0.1, -0.05) is 6.07 Å². The zero-order valence-electron chi connectivity index (χ0n) is 10.3. The van der Waals surface area contributed by atoms with E-state index in [0.717, 1.165) is 12.1 Å². The minimum absolute atomic E-state index is 0. The average Bonchev–Trinajstić information content (AvgIpc) is 2.18. The van der Waals surface area contributed by atoms with E-state index in [1.54, 1.807) is 0 Å². The molecule has 0 aliphatic heterocycles. The molecule has 0 aromatic carbocycles. The molecule has 0 unspecified atom stereocenters. The van der Waals surface area contributed by atoms with Gasteiger partial charge in [0.05, 0.1) is 5.76 Å². The number of aliphatic hydroxyl groups excluding tert-OH is 1. The molecule has 0 aliphatic rings. The third kappa shape index (κ3) is 12.9. The van der Waals surface area contributed by atoms with Crippen molar-refractivity contribution >= 4 is 5.78 Å². The maximum absolute atomic E-state index is 10.0. The summed E-state index contributed by atoms with van der Waals surface area (Å²) in [6.07, 6.45) is 6.06. The largest absolute Gasteiger partial charge is 0.512 e. The molecule has 1 rings (SSSR count). The van der Waals surface area contributed by atoms with Crippen molar-refractivity contribution in [1.29, 1.82) is 0 Å². The number of carbonyl (C=O) groups excluding carboxylic acids is 1. The Labute approximate surface area is 116 Å². The summed E-state index contributed by atoms with van der Waals surface area (Å²) in [5.74, 6) is -0.0625. The number of hydrogen-bond donors (Lipinski definition) is 1. The minimum atomic E-state index is -0.125. The molecular formula is C13H18IrNO2-. The molecule has 0 atom stereocenters. The van der Waals surface area contributed by atoms with E-state index < -0.39 is 0 Å². The number of allylic oxidation sites excluding steroid dienone is 2. The Bertz CT molecular complexity index is 333. The quantitative estimate of drug-likeness (QED) is 0.472. The molecule has 0 saturated heterocycles. The number of aromatic nitrogens is 1. The van der Waals surface area contributed by atoms with Crippen LogP contribution < -0.4 is 0 Å². The third-order valence-electron chi connectivity index (χ3n) is 1.55. The summed E-state index contributed by atoms with van der Waals surface area (Å²) in [5, 5.41) is 8.36. The topological polar surface area (TPSA) is 50.2 Å². The molecule has 4 heteroatoms. The number of aliphatic hydroxyl groups is 1. The molecule has 3 nitrogen and oxygen atoms in total. The van der Waals surface area contributed by atoms with Crippen molar-refractivity contribution in [2.24, 2.45) is 0 Å². The van der Waals surface area contributed by atoms with Gasteiger partial charge in [0.1, 0.15) is 0 Å². The smallest absolute Gasteiger partial charge is 0.155 e. The van der Waals surface area contributed by atoms with Crippen LogP contribution in [0.15, 0.2) is 36.2 Å². The monoisotopic (exact) mass is 413 g/mol. The zero-order valence-corrected chi connectivity index (χ0v) is 12.7. The Morgan fingerprint density at radius 2 is 2.12 bits per heavy atom. The second-order valence-corrected chi connectivity index (χ2v) is 3.33. The van der Waals surface area contributed by atoms with E-state index in [9.17, 15) is 4.79 Å². The van der Waals surface area contributed by atoms with Crippen LogP contribution >= 0.6 is 0 Å². The molecule has 0 saturated carbocycles. The molecule has 0 aliphatic carbocycles. The summed E-state index contributed by atoms with van der Waals surface area (Å²) in [6, 6.07) is 5.96. The molecule has 0 spiro atoms. The Morgan fingerprint density at radius 3 is 2.41 bits per heavy atom.